The van der Waals surface area contributed by atoms with Gasteiger partial charge < -0.3 is 18.9 Å². The van der Waals surface area contributed by atoms with Gasteiger partial charge in [-0.25, -0.2) is 0 Å². The van der Waals surface area contributed by atoms with E-state index in [2.05, 4.69) is 57.0 Å². The van der Waals surface area contributed by atoms with Gasteiger partial charge in [0.05, 0.1) is 19.7 Å². The van der Waals surface area contributed by atoms with Gasteiger partial charge in [0.15, 0.2) is 0 Å². The fraction of sp³-hybridized carbons (Fsp3) is 0.321. The van der Waals surface area contributed by atoms with Crippen LogP contribution in [0.15, 0.2) is 67.1 Å². The summed E-state index contributed by atoms with van der Waals surface area (Å²) in [6.07, 6.45) is 10.1. The highest BCUT2D eigenvalue weighted by Gasteiger charge is 2.17. The van der Waals surface area contributed by atoms with Crippen molar-refractivity contribution in [2.75, 3.05) is 33.9 Å². The average Bonchev–Trinajstić information content (AvgIpc) is 3.27. The molecule has 0 N–H and O–H groups in total. The summed E-state index contributed by atoms with van der Waals surface area (Å²) in [6.45, 7) is 4.42. The molecule has 0 bridgehead atoms. The number of methoxy groups -OCH3 is 2. The molecule has 0 aliphatic carbocycles. The fourth-order valence-corrected chi connectivity index (χ4v) is 4.86. The summed E-state index contributed by atoms with van der Waals surface area (Å²) in [5.74, 6) is 1.77. The van der Waals surface area contributed by atoms with Gasteiger partial charge >= 0.3 is 0 Å². The van der Waals surface area contributed by atoms with E-state index in [1.54, 1.807) is 14.2 Å². The molecule has 170 valence electrons. The number of fused-ring (bicyclic) bond motifs is 1. The molecule has 2 aromatic heterocycles. The number of ether oxygens (including phenoxy) is 2. The zero-order chi connectivity index (χ0) is 22.6. The van der Waals surface area contributed by atoms with Gasteiger partial charge in [-0.2, -0.15) is 0 Å². The molecule has 3 heterocycles. The monoisotopic (exact) mass is 441 g/mol. The second-order valence-corrected chi connectivity index (χ2v) is 8.69. The number of nitrogens with zero attached hydrogens (tertiary/aromatic N) is 3. The van der Waals surface area contributed by atoms with Crippen molar-refractivity contribution in [3.63, 3.8) is 0 Å². The number of hydrogen-bond donors (Lipinski definition) is 0. The number of likely N-dealkylation sites (tertiary alicyclic amines) is 1. The molecule has 5 nitrogen and oxygen atoms in total. The van der Waals surface area contributed by atoms with Gasteiger partial charge in [0.25, 0.3) is 0 Å². The fourth-order valence-electron chi connectivity index (χ4n) is 4.86. The minimum atomic E-state index is 0.853. The molecule has 5 heteroatoms. The Balaban J connectivity index is 1.52. The Labute approximate surface area is 195 Å². The third kappa shape index (κ3) is 4.46. The SMILES string of the molecule is COc1ccc(-c2cncc(-c3cn(CCN4CCCCC4)c4c(OC)cccc34)c2)cc1. The van der Waals surface area contributed by atoms with Crippen LogP contribution in [0.3, 0.4) is 0 Å². The van der Waals surface area contributed by atoms with E-state index < -0.39 is 0 Å². The quantitative estimate of drug-likeness (QED) is 0.359. The molecular weight excluding hydrogens is 410 g/mol. The summed E-state index contributed by atoms with van der Waals surface area (Å²) in [6, 6.07) is 16.6. The van der Waals surface area contributed by atoms with E-state index in [0.29, 0.717) is 0 Å². The lowest BCUT2D eigenvalue weighted by Gasteiger charge is -2.26. The lowest BCUT2D eigenvalue weighted by atomic mass is 10.0. The summed E-state index contributed by atoms with van der Waals surface area (Å²) < 4.78 is 13.4. The van der Waals surface area contributed by atoms with E-state index in [4.69, 9.17) is 9.47 Å². The highest BCUT2D eigenvalue weighted by Crippen LogP contribution is 2.36. The van der Waals surface area contributed by atoms with Crippen molar-refractivity contribution < 1.29 is 9.47 Å². The normalized spacial score (nSPS) is 14.5. The third-order valence-electron chi connectivity index (χ3n) is 6.66. The molecule has 5 rings (SSSR count). The summed E-state index contributed by atoms with van der Waals surface area (Å²) in [7, 11) is 3.44. The van der Waals surface area contributed by atoms with Gasteiger partial charge in [-0.05, 0) is 55.8 Å². The van der Waals surface area contributed by atoms with Crippen molar-refractivity contribution in [3.05, 3.63) is 67.1 Å². The van der Waals surface area contributed by atoms with Gasteiger partial charge in [0.1, 0.15) is 11.5 Å². The lowest BCUT2D eigenvalue weighted by molar-refractivity contribution is 0.221. The molecule has 0 unspecified atom stereocenters. The number of pyridine rings is 1. The van der Waals surface area contributed by atoms with Crippen LogP contribution in [0.2, 0.25) is 0 Å². The molecule has 1 fully saturated rings. The second-order valence-electron chi connectivity index (χ2n) is 8.69. The first-order chi connectivity index (χ1) is 16.3. The third-order valence-corrected chi connectivity index (χ3v) is 6.66. The van der Waals surface area contributed by atoms with Crippen LogP contribution in [-0.4, -0.2) is 48.3 Å². The first-order valence-electron chi connectivity index (χ1n) is 11.7. The summed E-state index contributed by atoms with van der Waals surface area (Å²) in [5, 5.41) is 1.20. The molecular formula is C28H31N3O2. The largest absolute Gasteiger partial charge is 0.497 e. The maximum Gasteiger partial charge on any atom is 0.143 e. The molecule has 33 heavy (non-hydrogen) atoms. The Hall–Kier alpha value is -3.31. The Bertz CT molecular complexity index is 1220. The van der Waals surface area contributed by atoms with E-state index in [1.807, 2.05) is 24.5 Å². The van der Waals surface area contributed by atoms with Crippen LogP contribution in [0.4, 0.5) is 0 Å². The molecule has 0 amide bonds. The number of rotatable bonds is 7. The minimum absolute atomic E-state index is 0.853. The number of aromatic nitrogens is 2. The van der Waals surface area contributed by atoms with Crippen LogP contribution < -0.4 is 9.47 Å². The molecule has 4 aromatic rings. The maximum absolute atomic E-state index is 5.76. The number of para-hydroxylation sites is 1. The smallest absolute Gasteiger partial charge is 0.143 e. The first kappa shape index (κ1) is 21.5. The molecule has 1 saturated heterocycles. The van der Waals surface area contributed by atoms with Crippen molar-refractivity contribution in [1.29, 1.82) is 0 Å². The molecule has 2 aromatic carbocycles. The Kier molecular flexibility index (Phi) is 6.31. The van der Waals surface area contributed by atoms with Crippen LogP contribution >= 0.6 is 0 Å². The predicted octanol–water partition coefficient (Wildman–Crippen LogP) is 5.87. The topological polar surface area (TPSA) is 39.5 Å². The Morgan fingerprint density at radius 3 is 2.36 bits per heavy atom. The summed E-state index contributed by atoms with van der Waals surface area (Å²) >= 11 is 0. The Morgan fingerprint density at radius 1 is 0.818 bits per heavy atom. The summed E-state index contributed by atoms with van der Waals surface area (Å²) in [4.78, 5) is 7.16. The number of piperidine rings is 1. The van der Waals surface area contributed by atoms with Gasteiger partial charge in [0.2, 0.25) is 0 Å². The number of benzene rings is 2. The van der Waals surface area contributed by atoms with E-state index in [0.717, 1.165) is 46.8 Å². The van der Waals surface area contributed by atoms with E-state index in [1.165, 1.54) is 43.3 Å². The van der Waals surface area contributed by atoms with Crippen molar-refractivity contribution in [2.45, 2.75) is 25.8 Å². The molecule has 0 atom stereocenters. The van der Waals surface area contributed by atoms with Crippen LogP contribution in [-0.2, 0) is 6.54 Å². The lowest BCUT2D eigenvalue weighted by Crippen LogP contribution is -2.32. The molecule has 0 spiro atoms. The van der Waals surface area contributed by atoms with Crippen molar-refractivity contribution >= 4 is 10.9 Å². The van der Waals surface area contributed by atoms with Gasteiger partial charge in [-0.1, -0.05) is 30.7 Å². The highest BCUT2D eigenvalue weighted by molar-refractivity contribution is 5.99. The standard InChI is InChI=1S/C28H31N3O2/c1-32-24-11-9-21(10-12-24)22-17-23(19-29-18-22)26-20-31(16-15-30-13-4-3-5-14-30)28-25(26)7-6-8-27(28)33-2/h6-12,17-20H,3-5,13-16H2,1-2H3. The zero-order valence-corrected chi connectivity index (χ0v) is 19.5. The molecule has 0 saturated carbocycles. The predicted molar refractivity (Wildman–Crippen MR) is 134 cm³/mol. The maximum atomic E-state index is 5.76. The van der Waals surface area contributed by atoms with Crippen LogP contribution in [0, 0.1) is 0 Å². The molecule has 1 aliphatic heterocycles. The highest BCUT2D eigenvalue weighted by atomic mass is 16.5. The van der Waals surface area contributed by atoms with E-state index in [9.17, 15) is 0 Å². The van der Waals surface area contributed by atoms with Crippen LogP contribution in [0.1, 0.15) is 19.3 Å². The zero-order valence-electron chi connectivity index (χ0n) is 19.5. The van der Waals surface area contributed by atoms with Crippen molar-refractivity contribution in [2.24, 2.45) is 0 Å². The van der Waals surface area contributed by atoms with Gasteiger partial charge in [0, 0.05) is 53.8 Å². The minimum Gasteiger partial charge on any atom is -0.497 e. The molecule has 0 radical (unpaired) electrons. The van der Waals surface area contributed by atoms with E-state index >= 15 is 0 Å². The first-order valence-corrected chi connectivity index (χ1v) is 11.7. The van der Waals surface area contributed by atoms with Crippen molar-refractivity contribution in [3.8, 4) is 33.8 Å². The van der Waals surface area contributed by atoms with Gasteiger partial charge in [-0.15, -0.1) is 0 Å². The van der Waals surface area contributed by atoms with Crippen LogP contribution in [0.5, 0.6) is 11.5 Å². The molecule has 1 aliphatic rings. The number of hydrogen-bond acceptors (Lipinski definition) is 4. The van der Waals surface area contributed by atoms with Crippen molar-refractivity contribution in [1.82, 2.24) is 14.5 Å². The Morgan fingerprint density at radius 2 is 1.61 bits per heavy atom. The average molecular weight is 442 g/mol. The van der Waals surface area contributed by atoms with Gasteiger partial charge in [-0.3, -0.25) is 4.98 Å². The second kappa shape index (κ2) is 9.67. The van der Waals surface area contributed by atoms with E-state index in [-0.39, 0.29) is 0 Å². The van der Waals surface area contributed by atoms with Crippen LogP contribution in [0.25, 0.3) is 33.2 Å². The summed E-state index contributed by atoms with van der Waals surface area (Å²) in [5.41, 5.74) is 5.66.